The molecule has 0 saturated heterocycles. The summed E-state index contributed by atoms with van der Waals surface area (Å²) in [6, 6.07) is 14.1. The highest BCUT2D eigenvalue weighted by atomic mass is 19.4. The molecule has 1 fully saturated rings. The standard InChI is InChI=1S/C23H28F3NO2/c1-27(2)21-9-4-3-7-18(21)15-19-8-5-6-14-22(19,28)16-17-10-12-20(13-11-17)29-23(24,25)26/h3-4,7,9-13,19,28H,5-6,8,14-16H2,1-2H3. The topological polar surface area (TPSA) is 32.7 Å². The molecule has 0 bridgehead atoms. The van der Waals surface area contributed by atoms with Crippen LogP contribution in [0.5, 0.6) is 5.75 Å². The van der Waals surface area contributed by atoms with E-state index < -0.39 is 12.0 Å². The maximum absolute atomic E-state index is 12.4. The number of alkyl halides is 3. The summed E-state index contributed by atoms with van der Waals surface area (Å²) in [5, 5.41) is 11.5. The average molecular weight is 407 g/mol. The lowest BCUT2D eigenvalue weighted by Crippen LogP contribution is -2.43. The first-order chi connectivity index (χ1) is 13.7. The SMILES string of the molecule is CN(C)c1ccccc1CC1CCCCC1(O)Cc1ccc(OC(F)(F)F)cc1. The smallest absolute Gasteiger partial charge is 0.406 e. The predicted octanol–water partition coefficient (Wildman–Crippen LogP) is 5.36. The number of nitrogens with zero attached hydrogens (tertiary/aromatic N) is 1. The second kappa shape index (κ2) is 8.66. The number of hydrogen-bond acceptors (Lipinski definition) is 3. The van der Waals surface area contributed by atoms with Gasteiger partial charge in [0.15, 0.2) is 0 Å². The Morgan fingerprint density at radius 1 is 1.07 bits per heavy atom. The zero-order valence-corrected chi connectivity index (χ0v) is 16.9. The molecular formula is C23H28F3NO2. The van der Waals surface area contributed by atoms with Crippen molar-refractivity contribution < 1.29 is 23.0 Å². The van der Waals surface area contributed by atoms with Gasteiger partial charge >= 0.3 is 6.36 Å². The van der Waals surface area contributed by atoms with Crippen molar-refractivity contribution >= 4 is 5.69 Å². The highest BCUT2D eigenvalue weighted by molar-refractivity contribution is 5.52. The molecule has 3 rings (SSSR count). The minimum absolute atomic E-state index is 0.100. The number of benzene rings is 2. The third-order valence-electron chi connectivity index (χ3n) is 5.78. The van der Waals surface area contributed by atoms with E-state index in [9.17, 15) is 18.3 Å². The number of aliphatic hydroxyl groups is 1. The fourth-order valence-electron chi connectivity index (χ4n) is 4.37. The van der Waals surface area contributed by atoms with Crippen LogP contribution in [0.15, 0.2) is 48.5 Å². The summed E-state index contributed by atoms with van der Waals surface area (Å²) in [7, 11) is 4.02. The van der Waals surface area contributed by atoms with Crippen LogP contribution >= 0.6 is 0 Å². The van der Waals surface area contributed by atoms with E-state index in [1.807, 2.05) is 26.2 Å². The summed E-state index contributed by atoms with van der Waals surface area (Å²) in [6.07, 6.45) is 0.172. The first kappa shape index (κ1) is 21.5. The number of para-hydroxylation sites is 1. The van der Waals surface area contributed by atoms with E-state index in [2.05, 4.69) is 21.8 Å². The monoisotopic (exact) mass is 407 g/mol. The largest absolute Gasteiger partial charge is 0.573 e. The Balaban J connectivity index is 1.76. The molecule has 2 aromatic carbocycles. The number of halogens is 3. The van der Waals surface area contributed by atoms with Crippen LogP contribution < -0.4 is 9.64 Å². The van der Waals surface area contributed by atoms with Gasteiger partial charge in [0.2, 0.25) is 0 Å². The molecule has 1 aliphatic rings. The predicted molar refractivity (Wildman–Crippen MR) is 108 cm³/mol. The lowest BCUT2D eigenvalue weighted by atomic mass is 9.70. The van der Waals surface area contributed by atoms with Crippen molar-refractivity contribution in [1.29, 1.82) is 0 Å². The van der Waals surface area contributed by atoms with Crippen LogP contribution in [0, 0.1) is 5.92 Å². The fourth-order valence-corrected chi connectivity index (χ4v) is 4.37. The molecule has 2 aromatic rings. The number of ether oxygens (including phenoxy) is 1. The van der Waals surface area contributed by atoms with Gasteiger partial charge in [-0.15, -0.1) is 13.2 Å². The molecule has 0 aromatic heterocycles. The summed E-state index contributed by atoms with van der Waals surface area (Å²) in [5.41, 5.74) is 2.30. The maximum atomic E-state index is 12.4. The molecule has 0 spiro atoms. The maximum Gasteiger partial charge on any atom is 0.573 e. The van der Waals surface area contributed by atoms with Gasteiger partial charge < -0.3 is 14.7 Å². The van der Waals surface area contributed by atoms with Gasteiger partial charge in [-0.25, -0.2) is 0 Å². The molecule has 3 nitrogen and oxygen atoms in total. The molecule has 2 unspecified atom stereocenters. The van der Waals surface area contributed by atoms with Gasteiger partial charge in [0.25, 0.3) is 0 Å². The van der Waals surface area contributed by atoms with Crippen LogP contribution in [-0.4, -0.2) is 31.2 Å². The van der Waals surface area contributed by atoms with Gasteiger partial charge in [0.05, 0.1) is 5.60 Å². The number of rotatable bonds is 6. The Morgan fingerprint density at radius 3 is 2.41 bits per heavy atom. The van der Waals surface area contributed by atoms with Crippen LogP contribution in [-0.2, 0) is 12.8 Å². The van der Waals surface area contributed by atoms with E-state index in [1.54, 1.807) is 12.1 Å². The van der Waals surface area contributed by atoms with Crippen LogP contribution in [0.4, 0.5) is 18.9 Å². The first-order valence-corrected chi connectivity index (χ1v) is 9.98. The van der Waals surface area contributed by atoms with Crippen LogP contribution in [0.25, 0.3) is 0 Å². The molecule has 158 valence electrons. The molecule has 29 heavy (non-hydrogen) atoms. The Kier molecular flexibility index (Phi) is 6.42. The van der Waals surface area contributed by atoms with Gasteiger partial charge in [0, 0.05) is 26.2 Å². The van der Waals surface area contributed by atoms with E-state index in [4.69, 9.17) is 0 Å². The van der Waals surface area contributed by atoms with E-state index in [1.165, 1.54) is 17.7 Å². The fraction of sp³-hybridized carbons (Fsp3) is 0.478. The zero-order valence-electron chi connectivity index (χ0n) is 16.9. The van der Waals surface area contributed by atoms with Crippen molar-refractivity contribution in [2.45, 2.75) is 50.5 Å². The summed E-state index contributed by atoms with van der Waals surface area (Å²) in [4.78, 5) is 2.08. The molecule has 6 heteroatoms. The lowest BCUT2D eigenvalue weighted by molar-refractivity contribution is -0.274. The molecule has 1 saturated carbocycles. The molecular weight excluding hydrogens is 379 g/mol. The van der Waals surface area contributed by atoms with Gasteiger partial charge in [-0.3, -0.25) is 0 Å². The van der Waals surface area contributed by atoms with Crippen LogP contribution in [0.2, 0.25) is 0 Å². The molecule has 0 radical (unpaired) electrons. The van der Waals surface area contributed by atoms with Crippen molar-refractivity contribution in [2.75, 3.05) is 19.0 Å². The van der Waals surface area contributed by atoms with Crippen molar-refractivity contribution in [3.63, 3.8) is 0 Å². The summed E-state index contributed by atoms with van der Waals surface area (Å²) >= 11 is 0. The second-order valence-electron chi connectivity index (χ2n) is 8.14. The van der Waals surface area contributed by atoms with Crippen molar-refractivity contribution in [1.82, 2.24) is 0 Å². The molecule has 1 aliphatic carbocycles. The Bertz CT molecular complexity index is 805. The molecule has 0 amide bonds. The average Bonchev–Trinajstić information content (AvgIpc) is 2.64. The van der Waals surface area contributed by atoms with Crippen molar-refractivity contribution in [2.24, 2.45) is 5.92 Å². The van der Waals surface area contributed by atoms with Gasteiger partial charge in [-0.2, -0.15) is 0 Å². The van der Waals surface area contributed by atoms with Crippen LogP contribution in [0.3, 0.4) is 0 Å². The Morgan fingerprint density at radius 2 is 1.76 bits per heavy atom. The van der Waals surface area contributed by atoms with Crippen molar-refractivity contribution in [3.05, 3.63) is 59.7 Å². The molecule has 2 atom stereocenters. The Labute approximate surface area is 170 Å². The normalized spacial score (nSPS) is 22.3. The summed E-state index contributed by atoms with van der Waals surface area (Å²) in [6.45, 7) is 0. The second-order valence-corrected chi connectivity index (χ2v) is 8.14. The Hall–Kier alpha value is -2.21. The molecule has 0 aliphatic heterocycles. The third kappa shape index (κ3) is 5.66. The van der Waals surface area contributed by atoms with E-state index in [-0.39, 0.29) is 11.7 Å². The minimum atomic E-state index is -4.70. The quantitative estimate of drug-likeness (QED) is 0.700. The van der Waals surface area contributed by atoms with Gasteiger partial charge in [-0.1, -0.05) is 43.2 Å². The van der Waals surface area contributed by atoms with E-state index >= 15 is 0 Å². The number of hydrogen-bond donors (Lipinski definition) is 1. The van der Waals surface area contributed by atoms with Crippen molar-refractivity contribution in [3.8, 4) is 5.75 Å². The third-order valence-corrected chi connectivity index (χ3v) is 5.78. The highest BCUT2D eigenvalue weighted by Gasteiger charge is 2.39. The molecule has 0 heterocycles. The van der Waals surface area contributed by atoms with Crippen LogP contribution in [0.1, 0.15) is 36.8 Å². The summed E-state index contributed by atoms with van der Waals surface area (Å²) in [5.74, 6) is -0.142. The van der Waals surface area contributed by atoms with Gasteiger partial charge in [-0.05, 0) is 54.5 Å². The van der Waals surface area contributed by atoms with E-state index in [0.29, 0.717) is 12.8 Å². The summed E-state index contributed by atoms with van der Waals surface area (Å²) < 4.78 is 41.0. The first-order valence-electron chi connectivity index (χ1n) is 9.98. The highest BCUT2D eigenvalue weighted by Crippen LogP contribution is 2.40. The lowest BCUT2D eigenvalue weighted by Gasteiger charge is -2.41. The van der Waals surface area contributed by atoms with Gasteiger partial charge in [0.1, 0.15) is 5.75 Å². The zero-order chi connectivity index (χ0) is 21.1. The van der Waals surface area contributed by atoms with E-state index in [0.717, 1.165) is 36.9 Å². The molecule has 1 N–H and O–H groups in total. The number of anilines is 1. The minimum Gasteiger partial charge on any atom is -0.406 e.